The van der Waals surface area contributed by atoms with Crippen LogP contribution in [0.1, 0.15) is 12.0 Å². The number of nitrogens with two attached hydrogens (primary N) is 1. The lowest BCUT2D eigenvalue weighted by Crippen LogP contribution is -2.44. The molecule has 1 saturated heterocycles. The number of aromatic nitrogens is 2. The van der Waals surface area contributed by atoms with Crippen LogP contribution >= 0.6 is 0 Å². The molecule has 1 fully saturated rings. The van der Waals surface area contributed by atoms with Crippen LogP contribution in [0, 0.1) is 0 Å². The van der Waals surface area contributed by atoms with E-state index < -0.39 is 0 Å². The predicted octanol–water partition coefficient (Wildman–Crippen LogP) is 1.85. The van der Waals surface area contributed by atoms with Gasteiger partial charge in [-0.25, -0.2) is 0 Å². The van der Waals surface area contributed by atoms with Crippen LogP contribution in [0.4, 0.5) is 11.8 Å². The molecular weight excluding hydrogens is 308 g/mol. The third-order valence-corrected chi connectivity index (χ3v) is 3.86. The molecule has 1 aliphatic heterocycles. The summed E-state index contributed by atoms with van der Waals surface area (Å²) < 4.78 is 16.8. The summed E-state index contributed by atoms with van der Waals surface area (Å²) in [6.07, 6.45) is 0.850. The molecule has 0 amide bonds. The van der Waals surface area contributed by atoms with Crippen molar-refractivity contribution in [3.05, 3.63) is 42.0 Å². The Kier molecular flexibility index (Phi) is 5.45. The number of nitrogens with zero attached hydrogens (tertiary/aromatic N) is 2. The smallest absolute Gasteiger partial charge is 0.225 e. The molecule has 7 heteroatoms. The van der Waals surface area contributed by atoms with Gasteiger partial charge in [-0.1, -0.05) is 30.3 Å². The van der Waals surface area contributed by atoms with Gasteiger partial charge in [-0.05, 0) is 12.0 Å². The fourth-order valence-corrected chi connectivity index (χ4v) is 2.64. The minimum Gasteiger partial charge on any atom is -0.481 e. The van der Waals surface area contributed by atoms with Gasteiger partial charge in [-0.15, -0.1) is 0 Å². The molecule has 0 unspecified atom stereocenters. The van der Waals surface area contributed by atoms with Gasteiger partial charge in [0.05, 0.1) is 32.5 Å². The van der Waals surface area contributed by atoms with Crippen LogP contribution in [0.25, 0.3) is 0 Å². The molecule has 0 saturated carbocycles. The number of hydrogen-bond donors (Lipinski definition) is 2. The summed E-state index contributed by atoms with van der Waals surface area (Å²) >= 11 is 0. The maximum Gasteiger partial charge on any atom is 0.225 e. The van der Waals surface area contributed by atoms with E-state index in [9.17, 15) is 0 Å². The highest BCUT2D eigenvalue weighted by atomic mass is 16.5. The van der Waals surface area contributed by atoms with E-state index in [0.717, 1.165) is 12.0 Å². The fourth-order valence-electron chi connectivity index (χ4n) is 2.64. The Labute approximate surface area is 141 Å². The second-order valence-corrected chi connectivity index (χ2v) is 5.60. The van der Waals surface area contributed by atoms with E-state index in [1.807, 2.05) is 18.2 Å². The molecule has 24 heavy (non-hydrogen) atoms. The monoisotopic (exact) mass is 330 g/mol. The molecule has 0 radical (unpaired) electrons. The van der Waals surface area contributed by atoms with Gasteiger partial charge < -0.3 is 25.3 Å². The second-order valence-electron chi connectivity index (χ2n) is 5.60. The van der Waals surface area contributed by atoms with E-state index >= 15 is 0 Å². The molecule has 2 aromatic rings. The summed E-state index contributed by atoms with van der Waals surface area (Å²) in [5.74, 6) is 1.18. The van der Waals surface area contributed by atoms with Crippen molar-refractivity contribution in [3.63, 3.8) is 0 Å². The molecule has 7 nitrogen and oxygen atoms in total. The fraction of sp³-hybridized carbons (Fsp3) is 0.412. The number of benzene rings is 1. The van der Waals surface area contributed by atoms with Crippen LogP contribution in [0.15, 0.2) is 36.4 Å². The first kappa shape index (κ1) is 16.5. The Morgan fingerprint density at radius 1 is 1.29 bits per heavy atom. The molecular formula is C17H22N4O3. The van der Waals surface area contributed by atoms with Crippen molar-refractivity contribution in [2.45, 2.75) is 25.2 Å². The van der Waals surface area contributed by atoms with Crippen LogP contribution in [0.2, 0.25) is 0 Å². The van der Waals surface area contributed by atoms with Crippen LogP contribution in [-0.2, 0) is 16.1 Å². The van der Waals surface area contributed by atoms with Crippen molar-refractivity contribution >= 4 is 11.8 Å². The van der Waals surface area contributed by atoms with Gasteiger partial charge in [0.15, 0.2) is 0 Å². The molecule has 1 aliphatic rings. The van der Waals surface area contributed by atoms with E-state index in [0.29, 0.717) is 31.5 Å². The first-order valence-corrected chi connectivity index (χ1v) is 7.93. The van der Waals surface area contributed by atoms with Crippen molar-refractivity contribution in [1.29, 1.82) is 0 Å². The average Bonchev–Trinajstić information content (AvgIpc) is 2.61. The summed E-state index contributed by atoms with van der Waals surface area (Å²) in [5.41, 5.74) is 6.85. The third kappa shape index (κ3) is 4.33. The van der Waals surface area contributed by atoms with Crippen LogP contribution in [-0.4, -0.2) is 42.4 Å². The summed E-state index contributed by atoms with van der Waals surface area (Å²) in [6, 6.07) is 11.8. The number of anilines is 2. The Balaban J connectivity index is 1.65. The number of nitrogens with one attached hydrogen (secondary N) is 1. The highest BCUT2D eigenvalue weighted by molar-refractivity contribution is 5.43. The van der Waals surface area contributed by atoms with Crippen molar-refractivity contribution in [3.8, 4) is 5.88 Å². The van der Waals surface area contributed by atoms with E-state index in [1.54, 1.807) is 13.2 Å². The minimum atomic E-state index is -0.0125. The largest absolute Gasteiger partial charge is 0.481 e. The zero-order chi connectivity index (χ0) is 16.8. The van der Waals surface area contributed by atoms with Gasteiger partial charge in [0.2, 0.25) is 11.8 Å². The molecule has 0 bridgehead atoms. The Morgan fingerprint density at radius 3 is 2.92 bits per heavy atom. The lowest BCUT2D eigenvalue weighted by molar-refractivity contribution is -0.0478. The molecule has 2 atom stereocenters. The van der Waals surface area contributed by atoms with Gasteiger partial charge in [0.25, 0.3) is 0 Å². The highest BCUT2D eigenvalue weighted by Gasteiger charge is 2.27. The molecule has 1 aromatic carbocycles. The first-order valence-electron chi connectivity index (χ1n) is 7.93. The topological polar surface area (TPSA) is 91.5 Å². The first-order chi connectivity index (χ1) is 11.7. The SMILES string of the molecule is COc1cc(N[C@@H]2COCC[C@@H]2OCc2ccccc2)nc(N)n1. The van der Waals surface area contributed by atoms with E-state index in [2.05, 4.69) is 27.4 Å². The maximum atomic E-state index is 6.09. The molecule has 128 valence electrons. The van der Waals surface area contributed by atoms with Crippen LogP contribution in [0.5, 0.6) is 5.88 Å². The van der Waals surface area contributed by atoms with E-state index in [4.69, 9.17) is 19.9 Å². The van der Waals surface area contributed by atoms with Gasteiger partial charge in [-0.3, -0.25) is 0 Å². The minimum absolute atomic E-state index is 0.0125. The van der Waals surface area contributed by atoms with Crippen LogP contribution in [0.3, 0.4) is 0 Å². The molecule has 3 rings (SSSR count). The summed E-state index contributed by atoms with van der Waals surface area (Å²) in [4.78, 5) is 8.18. The Bertz CT molecular complexity index is 654. The number of nitrogen functional groups attached to an aromatic ring is 1. The highest BCUT2D eigenvalue weighted by Crippen LogP contribution is 2.20. The standard InChI is InChI=1S/C17H22N4O3/c1-22-16-9-15(20-17(18)21-16)19-13-11-23-8-7-14(13)24-10-12-5-3-2-4-6-12/h2-6,9,13-14H,7-8,10-11H2,1H3,(H3,18,19,20,21)/t13-,14+/m1/s1. The number of ether oxygens (including phenoxy) is 3. The van der Waals surface area contributed by atoms with Gasteiger partial charge in [-0.2, -0.15) is 9.97 Å². The number of hydrogen-bond acceptors (Lipinski definition) is 7. The van der Waals surface area contributed by atoms with Gasteiger partial charge in [0, 0.05) is 12.7 Å². The molecule has 3 N–H and O–H groups in total. The molecule has 2 heterocycles. The summed E-state index contributed by atoms with van der Waals surface area (Å²) in [7, 11) is 1.54. The lowest BCUT2D eigenvalue weighted by Gasteiger charge is -2.32. The summed E-state index contributed by atoms with van der Waals surface area (Å²) in [6.45, 7) is 1.80. The Morgan fingerprint density at radius 2 is 2.12 bits per heavy atom. The van der Waals surface area contributed by atoms with Crippen molar-refractivity contribution < 1.29 is 14.2 Å². The normalized spacial score (nSPS) is 20.5. The quantitative estimate of drug-likeness (QED) is 0.835. The maximum absolute atomic E-state index is 6.09. The molecule has 1 aromatic heterocycles. The van der Waals surface area contributed by atoms with Crippen molar-refractivity contribution in [2.75, 3.05) is 31.4 Å². The van der Waals surface area contributed by atoms with Crippen molar-refractivity contribution in [1.82, 2.24) is 9.97 Å². The second kappa shape index (κ2) is 7.94. The van der Waals surface area contributed by atoms with E-state index in [1.165, 1.54) is 0 Å². The van der Waals surface area contributed by atoms with E-state index in [-0.39, 0.29) is 18.1 Å². The van der Waals surface area contributed by atoms with Gasteiger partial charge in [0.1, 0.15) is 5.82 Å². The lowest BCUT2D eigenvalue weighted by atomic mass is 10.1. The number of rotatable bonds is 6. The molecule has 0 aliphatic carbocycles. The van der Waals surface area contributed by atoms with Crippen molar-refractivity contribution in [2.24, 2.45) is 0 Å². The molecule has 0 spiro atoms. The third-order valence-electron chi connectivity index (χ3n) is 3.86. The Hall–Kier alpha value is -2.38. The number of methoxy groups -OCH3 is 1. The zero-order valence-electron chi connectivity index (χ0n) is 13.6. The van der Waals surface area contributed by atoms with Gasteiger partial charge >= 0.3 is 0 Å². The predicted molar refractivity (Wildman–Crippen MR) is 90.9 cm³/mol. The zero-order valence-corrected chi connectivity index (χ0v) is 13.6. The summed E-state index contributed by atoms with van der Waals surface area (Å²) in [5, 5.41) is 3.32. The average molecular weight is 330 g/mol. The van der Waals surface area contributed by atoms with Crippen LogP contribution < -0.4 is 15.8 Å².